The molecule has 0 radical (unpaired) electrons. The van der Waals surface area contributed by atoms with E-state index in [2.05, 4.69) is 41.5 Å². The molecule has 2 aliphatic rings. The summed E-state index contributed by atoms with van der Waals surface area (Å²) in [5.74, 6) is 0. The van der Waals surface area contributed by atoms with Crippen LogP contribution in [0.4, 0.5) is 5.69 Å². The maximum atomic E-state index is 3.64. The van der Waals surface area contributed by atoms with Crippen LogP contribution in [0, 0.1) is 0 Å². The minimum Gasteiger partial charge on any atom is -0.376 e. The normalized spacial score (nSPS) is 23.8. The van der Waals surface area contributed by atoms with Gasteiger partial charge in [-0.3, -0.25) is 0 Å². The van der Waals surface area contributed by atoms with E-state index in [1.165, 1.54) is 30.8 Å². The number of anilines is 1. The highest BCUT2D eigenvalue weighted by Gasteiger charge is 2.44. The van der Waals surface area contributed by atoms with Crippen LogP contribution in [0.1, 0.15) is 5.56 Å². The average Bonchev–Trinajstić information content (AvgIpc) is 2.41. The highest BCUT2D eigenvalue weighted by Crippen LogP contribution is 2.37. The van der Waals surface area contributed by atoms with Gasteiger partial charge in [0.15, 0.2) is 0 Å². The molecule has 0 aromatic heterocycles. The van der Waals surface area contributed by atoms with Crippen molar-refractivity contribution in [1.29, 1.82) is 0 Å². The molecule has 1 aromatic carbocycles. The fourth-order valence-corrected chi connectivity index (χ4v) is 2.67. The molecule has 2 aliphatic heterocycles. The zero-order valence-electron chi connectivity index (χ0n) is 7.88. The largest absolute Gasteiger partial charge is 0.376 e. The predicted octanol–water partition coefficient (Wildman–Crippen LogP) is 1.34. The first kappa shape index (κ1) is 7.39. The number of rotatable bonds is 0. The van der Waals surface area contributed by atoms with Gasteiger partial charge in [0.25, 0.3) is 0 Å². The number of hydrogen-bond acceptors (Lipinski definition) is 2. The van der Waals surface area contributed by atoms with E-state index in [-0.39, 0.29) is 0 Å². The van der Waals surface area contributed by atoms with Crippen molar-refractivity contribution in [2.75, 3.05) is 25.5 Å². The predicted molar refractivity (Wildman–Crippen MR) is 54.0 cm³/mol. The Kier molecular flexibility index (Phi) is 1.29. The first-order valence-corrected chi connectivity index (χ1v) is 4.82. The molecular formula is C11H14N2. The highest BCUT2D eigenvalue weighted by molar-refractivity contribution is 5.60. The van der Waals surface area contributed by atoms with Crippen LogP contribution >= 0.6 is 0 Å². The second kappa shape index (κ2) is 2.26. The molecule has 68 valence electrons. The number of benzene rings is 1. The summed E-state index contributed by atoms with van der Waals surface area (Å²) in [5, 5.41) is 3.64. The van der Waals surface area contributed by atoms with E-state index < -0.39 is 0 Å². The van der Waals surface area contributed by atoms with Gasteiger partial charge in [-0.15, -0.1) is 0 Å². The van der Waals surface area contributed by atoms with Crippen molar-refractivity contribution in [3.05, 3.63) is 29.8 Å². The molecule has 0 aliphatic carbocycles. The molecule has 3 rings (SSSR count). The zero-order valence-corrected chi connectivity index (χ0v) is 7.88. The van der Waals surface area contributed by atoms with Crippen LogP contribution in [-0.2, 0) is 6.42 Å². The topological polar surface area (TPSA) is 15.3 Å². The Balaban J connectivity index is 1.90. The van der Waals surface area contributed by atoms with Gasteiger partial charge in [-0.05, 0) is 25.1 Å². The standard InChI is InChI=1S/C11H14N2/c1-13-7-11(8-13)6-9-4-2-3-5-10(9)12-11/h2-5,12H,6-8H2,1H3. The third-order valence-corrected chi connectivity index (χ3v) is 3.09. The summed E-state index contributed by atoms with van der Waals surface area (Å²) < 4.78 is 0. The van der Waals surface area contributed by atoms with E-state index in [0.29, 0.717) is 5.54 Å². The molecule has 13 heavy (non-hydrogen) atoms. The van der Waals surface area contributed by atoms with Crippen molar-refractivity contribution in [1.82, 2.24) is 4.90 Å². The molecule has 1 N–H and O–H groups in total. The third kappa shape index (κ3) is 0.985. The fourth-order valence-electron chi connectivity index (χ4n) is 2.67. The number of likely N-dealkylation sites (N-methyl/N-ethyl adjacent to an activating group) is 1. The molecule has 2 heteroatoms. The third-order valence-electron chi connectivity index (χ3n) is 3.09. The lowest BCUT2D eigenvalue weighted by molar-refractivity contribution is 0.123. The maximum absolute atomic E-state index is 3.64. The number of nitrogens with zero attached hydrogens (tertiary/aromatic N) is 1. The Morgan fingerprint density at radius 1 is 1.31 bits per heavy atom. The Morgan fingerprint density at radius 2 is 2.08 bits per heavy atom. The molecule has 0 amide bonds. The van der Waals surface area contributed by atoms with Crippen LogP contribution < -0.4 is 5.32 Å². The maximum Gasteiger partial charge on any atom is 0.0667 e. The quantitative estimate of drug-likeness (QED) is 0.638. The minimum atomic E-state index is 0.373. The molecule has 1 aromatic rings. The van der Waals surface area contributed by atoms with Gasteiger partial charge in [0.1, 0.15) is 0 Å². The molecule has 1 spiro atoms. The second-order valence-corrected chi connectivity index (χ2v) is 4.41. The average molecular weight is 174 g/mol. The van der Waals surface area contributed by atoms with Crippen LogP contribution in [0.15, 0.2) is 24.3 Å². The molecule has 2 heterocycles. The van der Waals surface area contributed by atoms with Gasteiger partial charge in [0.05, 0.1) is 5.54 Å². The number of nitrogens with one attached hydrogen (secondary N) is 1. The summed E-state index contributed by atoms with van der Waals surface area (Å²) in [7, 11) is 2.18. The van der Waals surface area contributed by atoms with Gasteiger partial charge < -0.3 is 10.2 Å². The van der Waals surface area contributed by atoms with Gasteiger partial charge in [-0.2, -0.15) is 0 Å². The summed E-state index contributed by atoms with van der Waals surface area (Å²) in [6, 6.07) is 8.65. The number of para-hydroxylation sites is 1. The Labute approximate surface area is 78.6 Å². The van der Waals surface area contributed by atoms with Crippen molar-refractivity contribution < 1.29 is 0 Å². The zero-order chi connectivity index (χ0) is 8.89. The SMILES string of the molecule is CN1CC2(Cc3ccccc3N2)C1. The van der Waals surface area contributed by atoms with Crippen LogP contribution in [0.5, 0.6) is 0 Å². The fraction of sp³-hybridized carbons (Fsp3) is 0.455. The van der Waals surface area contributed by atoms with Gasteiger partial charge in [-0.25, -0.2) is 0 Å². The first-order valence-electron chi connectivity index (χ1n) is 4.82. The summed E-state index contributed by atoms with van der Waals surface area (Å²) in [6.07, 6.45) is 1.20. The van der Waals surface area contributed by atoms with Gasteiger partial charge >= 0.3 is 0 Å². The van der Waals surface area contributed by atoms with Crippen LogP contribution in [0.25, 0.3) is 0 Å². The van der Waals surface area contributed by atoms with E-state index >= 15 is 0 Å². The second-order valence-electron chi connectivity index (χ2n) is 4.41. The van der Waals surface area contributed by atoms with Crippen molar-refractivity contribution in [3.63, 3.8) is 0 Å². The Hall–Kier alpha value is -1.02. The lowest BCUT2D eigenvalue weighted by Gasteiger charge is -2.46. The van der Waals surface area contributed by atoms with Crippen molar-refractivity contribution >= 4 is 5.69 Å². The van der Waals surface area contributed by atoms with Gasteiger partial charge in [-0.1, -0.05) is 18.2 Å². The summed E-state index contributed by atoms with van der Waals surface area (Å²) in [5.41, 5.74) is 3.20. The van der Waals surface area contributed by atoms with Gasteiger partial charge in [0.2, 0.25) is 0 Å². The number of hydrogen-bond donors (Lipinski definition) is 1. The van der Waals surface area contributed by atoms with Crippen molar-refractivity contribution in [2.45, 2.75) is 12.0 Å². The lowest BCUT2D eigenvalue weighted by atomic mass is 9.87. The van der Waals surface area contributed by atoms with Crippen LogP contribution in [0.2, 0.25) is 0 Å². The monoisotopic (exact) mass is 174 g/mol. The lowest BCUT2D eigenvalue weighted by Crippen LogP contribution is -2.63. The molecule has 0 atom stereocenters. The van der Waals surface area contributed by atoms with E-state index in [1.54, 1.807) is 0 Å². The van der Waals surface area contributed by atoms with E-state index in [9.17, 15) is 0 Å². The minimum absolute atomic E-state index is 0.373. The number of likely N-dealkylation sites (tertiary alicyclic amines) is 1. The summed E-state index contributed by atoms with van der Waals surface area (Å²) >= 11 is 0. The van der Waals surface area contributed by atoms with E-state index in [1.807, 2.05) is 0 Å². The van der Waals surface area contributed by atoms with Crippen LogP contribution in [0.3, 0.4) is 0 Å². The van der Waals surface area contributed by atoms with E-state index in [4.69, 9.17) is 0 Å². The molecule has 0 bridgehead atoms. The molecule has 0 saturated carbocycles. The molecule has 2 nitrogen and oxygen atoms in total. The smallest absolute Gasteiger partial charge is 0.0667 e. The van der Waals surface area contributed by atoms with E-state index in [0.717, 1.165) is 0 Å². The summed E-state index contributed by atoms with van der Waals surface area (Å²) in [6.45, 7) is 2.36. The van der Waals surface area contributed by atoms with Crippen molar-refractivity contribution in [2.24, 2.45) is 0 Å². The van der Waals surface area contributed by atoms with Crippen LogP contribution in [-0.4, -0.2) is 30.6 Å². The molecule has 1 saturated heterocycles. The first-order chi connectivity index (χ1) is 6.27. The highest BCUT2D eigenvalue weighted by atomic mass is 15.3. The Bertz CT molecular complexity index is 313. The Morgan fingerprint density at radius 3 is 2.77 bits per heavy atom. The molecule has 1 fully saturated rings. The number of fused-ring (bicyclic) bond motifs is 1. The molecule has 0 unspecified atom stereocenters. The summed E-state index contributed by atoms with van der Waals surface area (Å²) in [4.78, 5) is 2.36. The van der Waals surface area contributed by atoms with Crippen molar-refractivity contribution in [3.8, 4) is 0 Å². The van der Waals surface area contributed by atoms with Gasteiger partial charge in [0, 0.05) is 18.8 Å². The molecular weight excluding hydrogens is 160 g/mol.